The summed E-state index contributed by atoms with van der Waals surface area (Å²) in [6.45, 7) is 0. The first-order chi connectivity index (χ1) is 10.5. The molecule has 0 aromatic heterocycles. The summed E-state index contributed by atoms with van der Waals surface area (Å²) in [6, 6.07) is 4.44. The van der Waals surface area contributed by atoms with Gasteiger partial charge in [0.05, 0.1) is 28.1 Å². The van der Waals surface area contributed by atoms with E-state index in [2.05, 4.69) is 0 Å². The molecule has 4 atom stereocenters. The lowest BCUT2D eigenvalue weighted by Gasteiger charge is -2.18. The standard InChI is InChI=1S/C16H13ClN2O3/c17-11-6-9(3-4-10(11)14(18)20)19-15(21)12-7-1-2-8(5-7)13(12)16(19)22/h1-4,6-8,12-13H,5H2,(H2,18,20)/t7-,8+,12-,13-/m0/s1. The summed E-state index contributed by atoms with van der Waals surface area (Å²) in [6.07, 6.45) is 4.98. The molecule has 2 fully saturated rings. The van der Waals surface area contributed by atoms with Crippen molar-refractivity contribution in [3.63, 3.8) is 0 Å². The van der Waals surface area contributed by atoms with Crippen LogP contribution >= 0.6 is 11.6 Å². The van der Waals surface area contributed by atoms with Crippen LogP contribution in [0.3, 0.4) is 0 Å². The number of hydrogen-bond acceptors (Lipinski definition) is 3. The van der Waals surface area contributed by atoms with Crippen LogP contribution in [0.2, 0.25) is 5.02 Å². The maximum absolute atomic E-state index is 12.7. The van der Waals surface area contributed by atoms with Crippen LogP contribution in [0.4, 0.5) is 5.69 Å². The van der Waals surface area contributed by atoms with E-state index in [1.54, 1.807) is 0 Å². The summed E-state index contributed by atoms with van der Waals surface area (Å²) in [5.74, 6) is -1.16. The second kappa shape index (κ2) is 4.43. The molecule has 0 unspecified atom stereocenters. The highest BCUT2D eigenvalue weighted by Crippen LogP contribution is 2.53. The number of hydrogen-bond donors (Lipinski definition) is 1. The molecule has 112 valence electrons. The van der Waals surface area contributed by atoms with Gasteiger partial charge in [0.2, 0.25) is 17.7 Å². The molecule has 5 nitrogen and oxygen atoms in total. The molecule has 3 aliphatic rings. The minimum atomic E-state index is -0.644. The molecule has 22 heavy (non-hydrogen) atoms. The van der Waals surface area contributed by atoms with Crippen LogP contribution in [0, 0.1) is 23.7 Å². The number of primary amides is 1. The Bertz CT molecular complexity index is 728. The largest absolute Gasteiger partial charge is 0.366 e. The predicted octanol–water partition coefficient (Wildman–Crippen LogP) is 1.75. The zero-order valence-electron chi connectivity index (χ0n) is 11.5. The first-order valence-corrected chi connectivity index (χ1v) is 7.52. The highest BCUT2D eigenvalue weighted by atomic mass is 35.5. The number of nitrogens with two attached hydrogens (primary N) is 1. The first kappa shape index (κ1) is 13.5. The molecular formula is C16H13ClN2O3. The van der Waals surface area contributed by atoms with Crippen molar-refractivity contribution in [3.05, 3.63) is 40.9 Å². The summed E-state index contributed by atoms with van der Waals surface area (Å²) < 4.78 is 0. The number of nitrogens with zero attached hydrogens (tertiary/aromatic N) is 1. The van der Waals surface area contributed by atoms with Gasteiger partial charge in [-0.05, 0) is 36.5 Å². The van der Waals surface area contributed by atoms with Crippen molar-refractivity contribution in [1.82, 2.24) is 0 Å². The van der Waals surface area contributed by atoms with Crippen molar-refractivity contribution in [2.24, 2.45) is 29.4 Å². The molecule has 2 bridgehead atoms. The van der Waals surface area contributed by atoms with Crippen LogP contribution < -0.4 is 10.6 Å². The Kier molecular flexibility index (Phi) is 2.72. The van der Waals surface area contributed by atoms with Crippen molar-refractivity contribution in [2.45, 2.75) is 6.42 Å². The average molecular weight is 317 g/mol. The Morgan fingerprint density at radius 2 is 1.73 bits per heavy atom. The van der Waals surface area contributed by atoms with Crippen molar-refractivity contribution in [1.29, 1.82) is 0 Å². The Morgan fingerprint density at radius 1 is 1.14 bits per heavy atom. The molecular weight excluding hydrogens is 304 g/mol. The van der Waals surface area contributed by atoms with Gasteiger partial charge in [-0.2, -0.15) is 0 Å². The number of allylic oxidation sites excluding steroid dienone is 2. The van der Waals surface area contributed by atoms with E-state index >= 15 is 0 Å². The molecule has 1 saturated heterocycles. The number of rotatable bonds is 2. The fraction of sp³-hybridized carbons (Fsp3) is 0.312. The highest BCUT2D eigenvalue weighted by Gasteiger charge is 2.59. The van der Waals surface area contributed by atoms with Crippen molar-refractivity contribution in [3.8, 4) is 0 Å². The molecule has 1 aromatic carbocycles. The molecule has 0 radical (unpaired) electrons. The molecule has 1 saturated carbocycles. The van der Waals surface area contributed by atoms with Gasteiger partial charge in [0.25, 0.3) is 0 Å². The molecule has 1 aliphatic heterocycles. The summed E-state index contributed by atoms with van der Waals surface area (Å²) in [5, 5.41) is 0.142. The Balaban J connectivity index is 1.73. The van der Waals surface area contributed by atoms with E-state index in [1.807, 2.05) is 12.2 Å². The number of benzene rings is 1. The third-order valence-corrected chi connectivity index (χ3v) is 5.26. The monoisotopic (exact) mass is 316 g/mol. The Morgan fingerprint density at radius 3 is 2.23 bits per heavy atom. The number of halogens is 1. The molecule has 3 amide bonds. The second-order valence-electron chi connectivity index (χ2n) is 6.04. The second-order valence-corrected chi connectivity index (χ2v) is 6.45. The summed E-state index contributed by atoms with van der Waals surface area (Å²) in [5.41, 5.74) is 5.79. The fourth-order valence-corrected chi connectivity index (χ4v) is 4.27. The SMILES string of the molecule is NC(=O)c1ccc(N2C(=O)[C@@H]3[C@@H](C2=O)[C@H]2C=C[C@@H]3C2)cc1Cl. The van der Waals surface area contributed by atoms with E-state index in [4.69, 9.17) is 17.3 Å². The number of imide groups is 1. The zero-order chi connectivity index (χ0) is 15.6. The third-order valence-electron chi connectivity index (χ3n) is 4.95. The fourth-order valence-electron chi connectivity index (χ4n) is 4.00. The van der Waals surface area contributed by atoms with Gasteiger partial charge in [-0.25, -0.2) is 4.90 Å². The van der Waals surface area contributed by atoms with Gasteiger partial charge in [-0.3, -0.25) is 14.4 Å². The van der Waals surface area contributed by atoms with Crippen LogP contribution in [0.15, 0.2) is 30.4 Å². The lowest BCUT2D eigenvalue weighted by atomic mass is 9.85. The summed E-state index contributed by atoms with van der Waals surface area (Å²) in [4.78, 5) is 37.7. The topological polar surface area (TPSA) is 80.5 Å². The minimum absolute atomic E-state index is 0.142. The maximum Gasteiger partial charge on any atom is 0.250 e. The number of amides is 3. The number of fused-ring (bicyclic) bond motifs is 5. The van der Waals surface area contributed by atoms with Gasteiger partial charge in [0, 0.05) is 0 Å². The smallest absolute Gasteiger partial charge is 0.250 e. The first-order valence-electron chi connectivity index (χ1n) is 7.14. The average Bonchev–Trinajstić information content (AvgIpc) is 3.12. The molecule has 6 heteroatoms. The predicted molar refractivity (Wildman–Crippen MR) is 80.2 cm³/mol. The Hall–Kier alpha value is -2.14. The third kappa shape index (κ3) is 1.63. The van der Waals surface area contributed by atoms with Gasteiger partial charge in [0.1, 0.15) is 0 Å². The van der Waals surface area contributed by atoms with E-state index in [0.29, 0.717) is 5.69 Å². The van der Waals surface area contributed by atoms with Crippen molar-refractivity contribution in [2.75, 3.05) is 4.90 Å². The molecule has 2 N–H and O–H groups in total. The van der Waals surface area contributed by atoms with Gasteiger partial charge < -0.3 is 5.73 Å². The highest BCUT2D eigenvalue weighted by molar-refractivity contribution is 6.34. The molecule has 1 heterocycles. The van der Waals surface area contributed by atoms with Gasteiger partial charge in [0.15, 0.2) is 0 Å². The normalized spacial score (nSPS) is 32.0. The van der Waals surface area contributed by atoms with Crippen molar-refractivity contribution < 1.29 is 14.4 Å². The van der Waals surface area contributed by atoms with Gasteiger partial charge >= 0.3 is 0 Å². The number of anilines is 1. The lowest BCUT2D eigenvalue weighted by molar-refractivity contribution is -0.123. The van der Waals surface area contributed by atoms with E-state index in [0.717, 1.165) is 6.42 Å². The molecule has 1 aromatic rings. The summed E-state index contributed by atoms with van der Waals surface area (Å²) >= 11 is 6.03. The van der Waals surface area contributed by atoms with Crippen LogP contribution in [-0.4, -0.2) is 17.7 Å². The maximum atomic E-state index is 12.7. The minimum Gasteiger partial charge on any atom is -0.366 e. The number of carbonyl (C=O) groups excluding carboxylic acids is 3. The Labute approximate surface area is 131 Å². The quantitative estimate of drug-likeness (QED) is 0.666. The van der Waals surface area contributed by atoms with Crippen LogP contribution in [0.25, 0.3) is 0 Å². The summed E-state index contributed by atoms with van der Waals surface area (Å²) in [7, 11) is 0. The lowest BCUT2D eigenvalue weighted by Crippen LogP contribution is -2.32. The molecule has 0 spiro atoms. The molecule has 2 aliphatic carbocycles. The van der Waals surface area contributed by atoms with Gasteiger partial charge in [-0.15, -0.1) is 0 Å². The van der Waals surface area contributed by atoms with Crippen LogP contribution in [-0.2, 0) is 9.59 Å². The number of carbonyl (C=O) groups is 3. The molecule has 4 rings (SSSR count). The van der Waals surface area contributed by atoms with Crippen LogP contribution in [0.5, 0.6) is 0 Å². The van der Waals surface area contributed by atoms with E-state index < -0.39 is 5.91 Å². The van der Waals surface area contributed by atoms with Crippen LogP contribution in [0.1, 0.15) is 16.8 Å². The van der Waals surface area contributed by atoms with Gasteiger partial charge in [-0.1, -0.05) is 23.8 Å². The van der Waals surface area contributed by atoms with E-state index in [9.17, 15) is 14.4 Å². The van der Waals surface area contributed by atoms with E-state index in [1.165, 1.54) is 23.1 Å². The van der Waals surface area contributed by atoms with Crippen molar-refractivity contribution >= 4 is 35.0 Å². The zero-order valence-corrected chi connectivity index (χ0v) is 12.3. The van der Waals surface area contributed by atoms with E-state index in [-0.39, 0.29) is 46.1 Å².